The molecule has 3 aromatic rings. The summed E-state index contributed by atoms with van der Waals surface area (Å²) < 4.78 is 1.86. The van der Waals surface area contributed by atoms with Gasteiger partial charge in [-0.05, 0) is 13.1 Å². The van der Waals surface area contributed by atoms with E-state index in [-0.39, 0.29) is 0 Å². The van der Waals surface area contributed by atoms with Gasteiger partial charge in [0.15, 0.2) is 11.5 Å². The predicted octanol–water partition coefficient (Wildman–Crippen LogP) is 0.975. The monoisotopic (exact) mass is 294 g/mol. The Bertz CT molecular complexity index is 885. The standard InChI is InChI=1S/C14H14N8/c1-15-10-7-11-12(16-8-10)18-13(14-19-17-9-22(11)14)21-5-3-20(2)4-6-21/h7-9H,3-6H2,2H3. The van der Waals surface area contributed by atoms with Gasteiger partial charge in [0.2, 0.25) is 11.3 Å². The number of nitrogens with zero attached hydrogens (tertiary/aromatic N) is 8. The van der Waals surface area contributed by atoms with E-state index in [0.717, 1.165) is 37.5 Å². The van der Waals surface area contributed by atoms with E-state index in [1.807, 2.05) is 4.40 Å². The van der Waals surface area contributed by atoms with Crippen LogP contribution >= 0.6 is 0 Å². The molecular weight excluding hydrogens is 280 g/mol. The summed E-state index contributed by atoms with van der Waals surface area (Å²) in [6.07, 6.45) is 3.20. The summed E-state index contributed by atoms with van der Waals surface area (Å²) in [4.78, 5) is 16.9. The third-order valence-electron chi connectivity index (χ3n) is 3.98. The number of rotatable bonds is 1. The Morgan fingerprint density at radius 3 is 2.82 bits per heavy atom. The van der Waals surface area contributed by atoms with Crippen LogP contribution in [0.5, 0.6) is 0 Å². The molecule has 8 nitrogen and oxygen atoms in total. The first-order valence-corrected chi connectivity index (χ1v) is 7.07. The van der Waals surface area contributed by atoms with Crippen molar-refractivity contribution in [2.45, 2.75) is 0 Å². The highest BCUT2D eigenvalue weighted by Crippen LogP contribution is 2.25. The zero-order chi connectivity index (χ0) is 15.1. The first-order chi connectivity index (χ1) is 10.8. The van der Waals surface area contributed by atoms with Crippen molar-refractivity contribution in [1.82, 2.24) is 29.5 Å². The number of hydrogen-bond donors (Lipinski definition) is 0. The van der Waals surface area contributed by atoms with Crippen LogP contribution in [-0.2, 0) is 0 Å². The molecule has 0 aliphatic carbocycles. The van der Waals surface area contributed by atoms with Crippen molar-refractivity contribution in [3.63, 3.8) is 0 Å². The third kappa shape index (κ3) is 1.95. The summed E-state index contributed by atoms with van der Waals surface area (Å²) in [6, 6.07) is 1.77. The van der Waals surface area contributed by atoms with Crippen LogP contribution in [0.1, 0.15) is 0 Å². The van der Waals surface area contributed by atoms with Gasteiger partial charge in [0.05, 0.1) is 12.1 Å². The lowest BCUT2D eigenvalue weighted by molar-refractivity contribution is 0.312. The fourth-order valence-electron chi connectivity index (χ4n) is 2.70. The summed E-state index contributed by atoms with van der Waals surface area (Å²) in [5, 5.41) is 8.22. The lowest BCUT2D eigenvalue weighted by Gasteiger charge is -2.33. The number of anilines is 1. The molecule has 0 N–H and O–H groups in total. The lowest BCUT2D eigenvalue weighted by Crippen LogP contribution is -2.45. The van der Waals surface area contributed by atoms with Crippen LogP contribution in [0.25, 0.3) is 21.7 Å². The van der Waals surface area contributed by atoms with Crippen LogP contribution in [0.4, 0.5) is 11.5 Å². The molecule has 110 valence electrons. The van der Waals surface area contributed by atoms with E-state index in [2.05, 4.69) is 41.9 Å². The van der Waals surface area contributed by atoms with E-state index in [9.17, 15) is 0 Å². The molecule has 1 aliphatic rings. The van der Waals surface area contributed by atoms with Gasteiger partial charge in [0.1, 0.15) is 6.33 Å². The molecule has 0 radical (unpaired) electrons. The summed E-state index contributed by atoms with van der Waals surface area (Å²) >= 11 is 0. The molecule has 1 saturated heterocycles. The van der Waals surface area contributed by atoms with Crippen molar-refractivity contribution in [3.8, 4) is 0 Å². The molecule has 0 spiro atoms. The lowest BCUT2D eigenvalue weighted by atomic mass is 10.3. The molecule has 0 aromatic carbocycles. The minimum Gasteiger partial charge on any atom is -0.351 e. The first-order valence-electron chi connectivity index (χ1n) is 7.07. The second-order valence-electron chi connectivity index (χ2n) is 5.40. The molecule has 3 aromatic heterocycles. The maximum atomic E-state index is 7.12. The maximum absolute atomic E-state index is 7.12. The van der Waals surface area contributed by atoms with Crippen LogP contribution in [0.15, 0.2) is 18.6 Å². The summed E-state index contributed by atoms with van der Waals surface area (Å²) in [5.41, 5.74) is 2.55. The largest absolute Gasteiger partial charge is 0.351 e. The van der Waals surface area contributed by atoms with Gasteiger partial charge in [-0.25, -0.2) is 14.8 Å². The SMILES string of the molecule is [C-]#[N+]c1cnc2nc(N3CCN(C)CC3)c3nncn3c2c1. The molecular formula is C14H14N8. The molecule has 1 fully saturated rings. The fraction of sp³-hybridized carbons (Fsp3) is 0.357. The Hall–Kier alpha value is -2.79. The van der Waals surface area contributed by atoms with Crippen molar-refractivity contribution in [3.05, 3.63) is 30.0 Å². The Kier molecular flexibility index (Phi) is 2.87. The topological polar surface area (TPSA) is 66.8 Å². The van der Waals surface area contributed by atoms with Crippen LogP contribution in [0, 0.1) is 6.57 Å². The van der Waals surface area contributed by atoms with Gasteiger partial charge in [-0.1, -0.05) is 0 Å². The van der Waals surface area contributed by atoms with Gasteiger partial charge in [0, 0.05) is 32.4 Å². The smallest absolute Gasteiger partial charge is 0.207 e. The van der Waals surface area contributed by atoms with Gasteiger partial charge >= 0.3 is 0 Å². The van der Waals surface area contributed by atoms with Gasteiger partial charge in [-0.2, -0.15) is 0 Å². The van der Waals surface area contributed by atoms with Gasteiger partial charge in [-0.3, -0.25) is 4.40 Å². The Morgan fingerprint density at radius 1 is 1.23 bits per heavy atom. The second-order valence-corrected chi connectivity index (χ2v) is 5.40. The van der Waals surface area contributed by atoms with Crippen LogP contribution < -0.4 is 4.90 Å². The predicted molar refractivity (Wildman–Crippen MR) is 82.1 cm³/mol. The van der Waals surface area contributed by atoms with E-state index in [0.29, 0.717) is 17.0 Å². The summed E-state index contributed by atoms with van der Waals surface area (Å²) in [5.74, 6) is 0.807. The molecule has 0 bridgehead atoms. The van der Waals surface area contributed by atoms with Crippen molar-refractivity contribution in [2.24, 2.45) is 0 Å². The minimum atomic E-state index is 0.483. The van der Waals surface area contributed by atoms with E-state index >= 15 is 0 Å². The summed E-state index contributed by atoms with van der Waals surface area (Å²) in [7, 11) is 2.12. The number of fused-ring (bicyclic) bond motifs is 3. The highest BCUT2D eigenvalue weighted by Gasteiger charge is 2.20. The molecule has 4 heterocycles. The molecule has 0 saturated carbocycles. The Labute approximate surface area is 126 Å². The number of piperazine rings is 1. The quantitative estimate of drug-likeness (QED) is 0.623. The molecule has 0 amide bonds. The summed E-state index contributed by atoms with van der Waals surface area (Å²) in [6.45, 7) is 10.9. The van der Waals surface area contributed by atoms with Crippen molar-refractivity contribution in [2.75, 3.05) is 38.1 Å². The molecule has 1 aliphatic heterocycles. The number of likely N-dealkylation sites (N-methyl/N-ethyl adjacent to an activating group) is 1. The highest BCUT2D eigenvalue weighted by atomic mass is 15.3. The molecule has 4 rings (SSSR count). The second kappa shape index (κ2) is 4.89. The number of hydrogen-bond acceptors (Lipinski definition) is 6. The highest BCUT2D eigenvalue weighted by molar-refractivity contribution is 5.82. The maximum Gasteiger partial charge on any atom is 0.207 e. The fourth-order valence-corrected chi connectivity index (χ4v) is 2.70. The zero-order valence-corrected chi connectivity index (χ0v) is 12.1. The van der Waals surface area contributed by atoms with Gasteiger partial charge in [-0.15, -0.1) is 10.2 Å². The average Bonchev–Trinajstić information content (AvgIpc) is 3.04. The van der Waals surface area contributed by atoms with Gasteiger partial charge in [0.25, 0.3) is 0 Å². The average molecular weight is 294 g/mol. The zero-order valence-electron chi connectivity index (χ0n) is 12.1. The van der Waals surface area contributed by atoms with E-state index in [1.165, 1.54) is 0 Å². The van der Waals surface area contributed by atoms with Crippen molar-refractivity contribution < 1.29 is 0 Å². The molecule has 0 atom stereocenters. The van der Waals surface area contributed by atoms with E-state index in [1.54, 1.807) is 18.6 Å². The normalized spacial score (nSPS) is 16.3. The van der Waals surface area contributed by atoms with Crippen LogP contribution in [0.2, 0.25) is 0 Å². The number of aromatic nitrogens is 5. The van der Waals surface area contributed by atoms with Gasteiger partial charge < -0.3 is 9.80 Å². The molecule has 0 unspecified atom stereocenters. The van der Waals surface area contributed by atoms with E-state index in [4.69, 9.17) is 6.57 Å². The number of pyridine rings is 1. The Morgan fingerprint density at radius 2 is 2.05 bits per heavy atom. The minimum absolute atomic E-state index is 0.483. The molecule has 22 heavy (non-hydrogen) atoms. The van der Waals surface area contributed by atoms with E-state index < -0.39 is 0 Å². The first kappa shape index (κ1) is 12.9. The molecule has 8 heteroatoms. The van der Waals surface area contributed by atoms with Crippen LogP contribution in [0.3, 0.4) is 0 Å². The van der Waals surface area contributed by atoms with Crippen molar-refractivity contribution >= 4 is 28.3 Å². The van der Waals surface area contributed by atoms with Crippen LogP contribution in [-0.4, -0.2) is 62.7 Å². The van der Waals surface area contributed by atoms with Crippen molar-refractivity contribution in [1.29, 1.82) is 0 Å². The Balaban J connectivity index is 1.91. The third-order valence-corrected chi connectivity index (χ3v) is 3.98.